The fourth-order valence-electron chi connectivity index (χ4n) is 4.91. The highest BCUT2D eigenvalue weighted by Gasteiger charge is 2.26. The average Bonchev–Trinajstić information content (AvgIpc) is 2.92. The SMILES string of the molecule is CCCCCCCCCCCCCCCCCCNC(=O)C(NC(=O)c1nccc2ccccc12)C(C)O. The van der Waals surface area contributed by atoms with Crippen LogP contribution in [0.4, 0.5) is 0 Å². The molecule has 6 nitrogen and oxygen atoms in total. The molecular weight excluding hydrogens is 474 g/mol. The number of carbonyl (C=O) groups is 2. The summed E-state index contributed by atoms with van der Waals surface area (Å²) in [5.41, 5.74) is 0.249. The lowest BCUT2D eigenvalue weighted by Gasteiger charge is -2.21. The first kappa shape index (κ1) is 31.7. The topological polar surface area (TPSA) is 91.3 Å². The van der Waals surface area contributed by atoms with Crippen LogP contribution in [0, 0.1) is 0 Å². The Hall–Kier alpha value is -2.47. The second-order valence-electron chi connectivity index (χ2n) is 10.7. The number of nitrogens with zero attached hydrogens (tertiary/aromatic N) is 1. The zero-order valence-electron chi connectivity index (χ0n) is 23.9. The highest BCUT2D eigenvalue weighted by atomic mass is 16.3. The van der Waals surface area contributed by atoms with E-state index in [0.717, 1.165) is 18.2 Å². The minimum atomic E-state index is -1.02. The van der Waals surface area contributed by atoms with Crippen LogP contribution in [-0.4, -0.2) is 40.6 Å². The van der Waals surface area contributed by atoms with Gasteiger partial charge in [-0.2, -0.15) is 0 Å². The number of amides is 2. The zero-order chi connectivity index (χ0) is 27.4. The molecular formula is C32H51N3O3. The van der Waals surface area contributed by atoms with E-state index in [2.05, 4.69) is 22.5 Å². The highest BCUT2D eigenvalue weighted by molar-refractivity contribution is 6.06. The Morgan fingerprint density at radius 2 is 1.32 bits per heavy atom. The largest absolute Gasteiger partial charge is 0.391 e. The van der Waals surface area contributed by atoms with E-state index in [9.17, 15) is 14.7 Å². The molecule has 0 spiro atoms. The number of unbranched alkanes of at least 4 members (excludes halogenated alkanes) is 15. The van der Waals surface area contributed by atoms with Crippen molar-refractivity contribution in [2.24, 2.45) is 0 Å². The summed E-state index contributed by atoms with van der Waals surface area (Å²) < 4.78 is 0. The van der Waals surface area contributed by atoms with Crippen molar-refractivity contribution in [2.45, 2.75) is 129 Å². The number of aromatic nitrogens is 1. The average molecular weight is 526 g/mol. The van der Waals surface area contributed by atoms with Gasteiger partial charge in [-0.25, -0.2) is 0 Å². The number of hydrogen-bond acceptors (Lipinski definition) is 4. The van der Waals surface area contributed by atoms with E-state index in [1.54, 1.807) is 6.20 Å². The number of rotatable bonds is 21. The van der Waals surface area contributed by atoms with Crippen molar-refractivity contribution in [1.29, 1.82) is 0 Å². The van der Waals surface area contributed by atoms with Gasteiger partial charge in [0.05, 0.1) is 6.10 Å². The Labute approximate surface area is 230 Å². The van der Waals surface area contributed by atoms with Crippen LogP contribution in [-0.2, 0) is 4.79 Å². The van der Waals surface area contributed by atoms with Gasteiger partial charge in [0.1, 0.15) is 11.7 Å². The monoisotopic (exact) mass is 525 g/mol. The molecule has 0 saturated heterocycles. The van der Waals surface area contributed by atoms with Crippen LogP contribution >= 0.6 is 0 Å². The van der Waals surface area contributed by atoms with Crippen molar-refractivity contribution in [3.8, 4) is 0 Å². The first-order valence-corrected chi connectivity index (χ1v) is 15.1. The van der Waals surface area contributed by atoms with Gasteiger partial charge in [-0.1, -0.05) is 128 Å². The predicted molar refractivity (Wildman–Crippen MR) is 157 cm³/mol. The fourth-order valence-corrected chi connectivity index (χ4v) is 4.91. The van der Waals surface area contributed by atoms with Crippen LogP contribution in [0.25, 0.3) is 10.8 Å². The molecule has 1 aromatic carbocycles. The van der Waals surface area contributed by atoms with Gasteiger partial charge in [0, 0.05) is 18.1 Å². The van der Waals surface area contributed by atoms with E-state index in [0.29, 0.717) is 11.9 Å². The molecule has 3 N–H and O–H groups in total. The Morgan fingerprint density at radius 3 is 1.87 bits per heavy atom. The zero-order valence-corrected chi connectivity index (χ0v) is 23.9. The Kier molecular flexibility index (Phi) is 16.4. The smallest absolute Gasteiger partial charge is 0.271 e. The molecule has 2 amide bonds. The molecule has 2 atom stereocenters. The molecule has 2 rings (SSSR count). The lowest BCUT2D eigenvalue weighted by molar-refractivity contribution is -0.125. The highest BCUT2D eigenvalue weighted by Crippen LogP contribution is 2.17. The molecule has 0 aliphatic rings. The minimum absolute atomic E-state index is 0.249. The van der Waals surface area contributed by atoms with Crippen molar-refractivity contribution < 1.29 is 14.7 Å². The molecule has 212 valence electrons. The maximum atomic E-state index is 12.8. The number of pyridine rings is 1. The number of hydrogen-bond donors (Lipinski definition) is 3. The van der Waals surface area contributed by atoms with Crippen molar-refractivity contribution in [3.05, 3.63) is 42.2 Å². The number of nitrogens with one attached hydrogen (secondary N) is 2. The van der Waals surface area contributed by atoms with Gasteiger partial charge < -0.3 is 15.7 Å². The van der Waals surface area contributed by atoms with Crippen LogP contribution in [0.3, 0.4) is 0 Å². The lowest BCUT2D eigenvalue weighted by atomic mass is 10.0. The Bertz CT molecular complexity index is 926. The third kappa shape index (κ3) is 12.4. The maximum absolute atomic E-state index is 12.8. The number of aliphatic hydroxyl groups excluding tert-OH is 1. The summed E-state index contributed by atoms with van der Waals surface area (Å²) >= 11 is 0. The van der Waals surface area contributed by atoms with Crippen molar-refractivity contribution in [2.75, 3.05) is 6.54 Å². The second kappa shape index (κ2) is 19.6. The summed E-state index contributed by atoms with van der Waals surface area (Å²) in [5.74, 6) is -0.834. The van der Waals surface area contributed by atoms with E-state index in [1.165, 1.54) is 96.8 Å². The van der Waals surface area contributed by atoms with Gasteiger partial charge >= 0.3 is 0 Å². The molecule has 0 bridgehead atoms. The first-order valence-electron chi connectivity index (χ1n) is 15.1. The van der Waals surface area contributed by atoms with Gasteiger partial charge in [0.15, 0.2) is 0 Å². The summed E-state index contributed by atoms with van der Waals surface area (Å²) in [5, 5.41) is 17.3. The quantitative estimate of drug-likeness (QED) is 0.152. The summed E-state index contributed by atoms with van der Waals surface area (Å²) in [6, 6.07) is 8.29. The fraction of sp³-hybridized carbons (Fsp3) is 0.656. The van der Waals surface area contributed by atoms with Crippen molar-refractivity contribution in [3.63, 3.8) is 0 Å². The minimum Gasteiger partial charge on any atom is -0.391 e. The standard InChI is InChI=1S/C32H51N3O3/c1-3-4-5-6-7-8-9-10-11-12-13-14-15-16-17-20-24-34-31(37)29(26(2)36)35-32(38)30-28-22-19-18-21-27(28)23-25-33-30/h18-19,21-23,25-26,29,36H,3-17,20,24H2,1-2H3,(H,34,37)(H,35,38). The van der Waals surface area contributed by atoms with Crippen molar-refractivity contribution >= 4 is 22.6 Å². The number of carbonyl (C=O) groups excluding carboxylic acids is 2. The maximum Gasteiger partial charge on any atom is 0.271 e. The molecule has 0 aliphatic carbocycles. The molecule has 1 heterocycles. The Balaban J connectivity index is 1.53. The molecule has 2 aromatic rings. The third-order valence-electron chi connectivity index (χ3n) is 7.27. The van der Waals surface area contributed by atoms with Crippen LogP contribution in [0.1, 0.15) is 127 Å². The third-order valence-corrected chi connectivity index (χ3v) is 7.27. The molecule has 0 fully saturated rings. The molecule has 38 heavy (non-hydrogen) atoms. The summed E-state index contributed by atoms with van der Waals surface area (Å²) in [6.45, 7) is 4.32. The predicted octanol–water partition coefficient (Wildman–Crippen LogP) is 7.09. The van der Waals surface area contributed by atoms with E-state index in [1.807, 2.05) is 30.3 Å². The van der Waals surface area contributed by atoms with Crippen LogP contribution < -0.4 is 10.6 Å². The van der Waals surface area contributed by atoms with Crippen LogP contribution in [0.15, 0.2) is 36.5 Å². The Morgan fingerprint density at radius 1 is 0.789 bits per heavy atom. The van der Waals surface area contributed by atoms with Gasteiger partial charge in [-0.15, -0.1) is 0 Å². The molecule has 0 saturated carbocycles. The van der Waals surface area contributed by atoms with E-state index >= 15 is 0 Å². The molecule has 2 unspecified atom stereocenters. The normalized spacial score (nSPS) is 12.8. The molecule has 6 heteroatoms. The summed E-state index contributed by atoms with van der Waals surface area (Å²) in [6.07, 6.45) is 21.5. The van der Waals surface area contributed by atoms with Crippen LogP contribution in [0.5, 0.6) is 0 Å². The molecule has 1 aromatic heterocycles. The lowest BCUT2D eigenvalue weighted by Crippen LogP contribution is -2.52. The van der Waals surface area contributed by atoms with E-state index in [4.69, 9.17) is 0 Å². The van der Waals surface area contributed by atoms with Crippen molar-refractivity contribution in [1.82, 2.24) is 15.6 Å². The summed E-state index contributed by atoms with van der Waals surface area (Å²) in [7, 11) is 0. The van der Waals surface area contributed by atoms with Gasteiger partial charge in [0.25, 0.3) is 5.91 Å². The number of fused-ring (bicyclic) bond motifs is 1. The van der Waals surface area contributed by atoms with Gasteiger partial charge in [-0.05, 0) is 24.8 Å². The first-order chi connectivity index (χ1) is 18.5. The second-order valence-corrected chi connectivity index (χ2v) is 10.7. The van der Waals surface area contributed by atoms with E-state index < -0.39 is 18.1 Å². The number of benzene rings is 1. The van der Waals surface area contributed by atoms with Crippen LogP contribution in [0.2, 0.25) is 0 Å². The molecule has 0 aliphatic heterocycles. The van der Waals surface area contributed by atoms with Gasteiger partial charge in [-0.3, -0.25) is 14.6 Å². The molecule has 0 radical (unpaired) electrons. The van der Waals surface area contributed by atoms with E-state index in [-0.39, 0.29) is 11.6 Å². The number of aliphatic hydroxyl groups is 1. The summed E-state index contributed by atoms with van der Waals surface area (Å²) in [4.78, 5) is 29.7. The van der Waals surface area contributed by atoms with Gasteiger partial charge in [0.2, 0.25) is 5.91 Å².